The zero-order valence-electron chi connectivity index (χ0n) is 12.6. The second kappa shape index (κ2) is 6.34. The SMILES string of the molecule is C[C@@H]1CN(C(=O)Nc2cc3c(cc2Br)OCCO3)C[C@@H](C)O1. The first kappa shape index (κ1) is 15.4. The van der Waals surface area contributed by atoms with Crippen molar-refractivity contribution in [3.63, 3.8) is 0 Å². The van der Waals surface area contributed by atoms with Gasteiger partial charge in [-0.3, -0.25) is 0 Å². The number of nitrogens with zero attached hydrogens (tertiary/aromatic N) is 1. The predicted octanol–water partition coefficient (Wildman–Crippen LogP) is 2.86. The van der Waals surface area contributed by atoms with Crippen molar-refractivity contribution < 1.29 is 19.0 Å². The Morgan fingerprint density at radius 3 is 2.41 bits per heavy atom. The third-order valence-electron chi connectivity index (χ3n) is 3.58. The highest BCUT2D eigenvalue weighted by Crippen LogP contribution is 2.38. The van der Waals surface area contributed by atoms with E-state index in [-0.39, 0.29) is 18.2 Å². The van der Waals surface area contributed by atoms with E-state index < -0.39 is 0 Å². The lowest BCUT2D eigenvalue weighted by Gasteiger charge is -2.35. The molecule has 1 N–H and O–H groups in total. The summed E-state index contributed by atoms with van der Waals surface area (Å²) in [6.07, 6.45) is 0.0800. The van der Waals surface area contributed by atoms with E-state index in [4.69, 9.17) is 14.2 Å². The van der Waals surface area contributed by atoms with Gasteiger partial charge in [-0.15, -0.1) is 0 Å². The van der Waals surface area contributed by atoms with E-state index in [2.05, 4.69) is 21.2 Å². The molecule has 1 aromatic carbocycles. The Kier molecular flexibility index (Phi) is 4.44. The fourth-order valence-corrected chi connectivity index (χ4v) is 3.12. The average Bonchev–Trinajstić information content (AvgIpc) is 2.47. The molecule has 1 saturated heterocycles. The van der Waals surface area contributed by atoms with Crippen LogP contribution >= 0.6 is 15.9 Å². The third kappa shape index (κ3) is 3.30. The molecule has 3 rings (SSSR count). The van der Waals surface area contributed by atoms with Crippen LogP contribution in [-0.2, 0) is 4.74 Å². The second-order valence-electron chi connectivity index (χ2n) is 5.57. The van der Waals surface area contributed by atoms with Gasteiger partial charge < -0.3 is 24.4 Å². The van der Waals surface area contributed by atoms with Gasteiger partial charge in [-0.2, -0.15) is 0 Å². The zero-order chi connectivity index (χ0) is 15.7. The highest BCUT2D eigenvalue weighted by atomic mass is 79.9. The first-order valence-corrected chi connectivity index (χ1v) is 8.13. The van der Waals surface area contributed by atoms with Gasteiger partial charge in [-0.25, -0.2) is 4.79 Å². The number of ether oxygens (including phenoxy) is 3. The first-order chi connectivity index (χ1) is 10.5. The van der Waals surface area contributed by atoms with Crippen molar-refractivity contribution in [3.8, 4) is 11.5 Å². The van der Waals surface area contributed by atoms with Crippen LogP contribution in [0.25, 0.3) is 0 Å². The number of benzene rings is 1. The molecule has 120 valence electrons. The Balaban J connectivity index is 1.73. The topological polar surface area (TPSA) is 60.0 Å². The number of hydrogen-bond acceptors (Lipinski definition) is 4. The maximum absolute atomic E-state index is 12.4. The third-order valence-corrected chi connectivity index (χ3v) is 4.24. The maximum atomic E-state index is 12.4. The summed E-state index contributed by atoms with van der Waals surface area (Å²) in [6.45, 7) is 6.15. The van der Waals surface area contributed by atoms with Crippen LogP contribution in [0.2, 0.25) is 0 Å². The maximum Gasteiger partial charge on any atom is 0.322 e. The minimum absolute atomic E-state index is 0.0400. The van der Waals surface area contributed by atoms with E-state index >= 15 is 0 Å². The van der Waals surface area contributed by atoms with E-state index in [1.807, 2.05) is 19.9 Å². The quantitative estimate of drug-likeness (QED) is 0.825. The number of halogens is 1. The largest absolute Gasteiger partial charge is 0.486 e. The van der Waals surface area contributed by atoms with Crippen LogP contribution in [0.15, 0.2) is 16.6 Å². The van der Waals surface area contributed by atoms with Gasteiger partial charge in [-0.05, 0) is 29.8 Å². The highest BCUT2D eigenvalue weighted by molar-refractivity contribution is 9.10. The van der Waals surface area contributed by atoms with Gasteiger partial charge in [-0.1, -0.05) is 0 Å². The Bertz CT molecular complexity index is 571. The molecule has 0 aromatic heterocycles. The molecule has 0 bridgehead atoms. The van der Waals surface area contributed by atoms with Crippen molar-refractivity contribution in [2.45, 2.75) is 26.1 Å². The molecule has 7 heteroatoms. The number of hydrogen-bond donors (Lipinski definition) is 1. The lowest BCUT2D eigenvalue weighted by molar-refractivity contribution is -0.0530. The number of morpholine rings is 1. The zero-order valence-corrected chi connectivity index (χ0v) is 14.2. The summed E-state index contributed by atoms with van der Waals surface area (Å²) >= 11 is 3.46. The summed E-state index contributed by atoms with van der Waals surface area (Å²) in [4.78, 5) is 14.2. The van der Waals surface area contributed by atoms with Gasteiger partial charge in [0, 0.05) is 29.7 Å². The van der Waals surface area contributed by atoms with Crippen LogP contribution in [0, 0.1) is 0 Å². The van der Waals surface area contributed by atoms with Gasteiger partial charge in [0.2, 0.25) is 0 Å². The minimum atomic E-state index is -0.139. The fourth-order valence-electron chi connectivity index (χ4n) is 2.70. The lowest BCUT2D eigenvalue weighted by Crippen LogP contribution is -2.49. The molecular formula is C15H19BrN2O4. The van der Waals surface area contributed by atoms with Gasteiger partial charge in [0.1, 0.15) is 13.2 Å². The van der Waals surface area contributed by atoms with E-state index in [9.17, 15) is 4.79 Å². The molecule has 0 radical (unpaired) electrons. The van der Waals surface area contributed by atoms with Crippen molar-refractivity contribution in [1.29, 1.82) is 0 Å². The van der Waals surface area contributed by atoms with Crippen LogP contribution in [-0.4, -0.2) is 49.4 Å². The number of rotatable bonds is 1. The smallest absolute Gasteiger partial charge is 0.322 e. The standard InChI is InChI=1S/C15H19BrN2O4/c1-9-7-18(8-10(2)22-9)15(19)17-12-6-14-13(5-11(12)16)20-3-4-21-14/h5-6,9-10H,3-4,7-8H2,1-2H3,(H,17,19)/t9-,10-/m1/s1. The molecule has 0 saturated carbocycles. The average molecular weight is 371 g/mol. The molecule has 2 aliphatic heterocycles. The molecule has 1 aromatic rings. The molecule has 2 heterocycles. The van der Waals surface area contributed by atoms with Crippen molar-refractivity contribution >= 4 is 27.6 Å². The van der Waals surface area contributed by atoms with E-state index in [1.165, 1.54) is 0 Å². The molecule has 2 amide bonds. The van der Waals surface area contributed by atoms with E-state index in [1.54, 1.807) is 11.0 Å². The van der Waals surface area contributed by atoms with Crippen LogP contribution in [0.1, 0.15) is 13.8 Å². The molecule has 1 fully saturated rings. The van der Waals surface area contributed by atoms with Crippen LogP contribution in [0.5, 0.6) is 11.5 Å². The molecule has 6 nitrogen and oxygen atoms in total. The minimum Gasteiger partial charge on any atom is -0.486 e. The van der Waals surface area contributed by atoms with Crippen molar-refractivity contribution in [2.75, 3.05) is 31.6 Å². The molecule has 0 unspecified atom stereocenters. The molecular weight excluding hydrogens is 352 g/mol. The van der Waals surface area contributed by atoms with Gasteiger partial charge in [0.05, 0.1) is 17.9 Å². The number of carbonyl (C=O) groups is 1. The summed E-state index contributed by atoms with van der Waals surface area (Å²) in [5, 5.41) is 2.92. The number of amides is 2. The number of urea groups is 1. The Hall–Kier alpha value is -1.47. The second-order valence-corrected chi connectivity index (χ2v) is 6.42. The van der Waals surface area contributed by atoms with Crippen molar-refractivity contribution in [3.05, 3.63) is 16.6 Å². The lowest BCUT2D eigenvalue weighted by atomic mass is 10.2. The van der Waals surface area contributed by atoms with Gasteiger partial charge >= 0.3 is 6.03 Å². The number of nitrogens with one attached hydrogen (secondary N) is 1. The number of fused-ring (bicyclic) bond motifs is 1. The molecule has 22 heavy (non-hydrogen) atoms. The summed E-state index contributed by atoms with van der Waals surface area (Å²) in [5.41, 5.74) is 0.668. The summed E-state index contributed by atoms with van der Waals surface area (Å²) in [5.74, 6) is 1.33. The van der Waals surface area contributed by atoms with Crippen molar-refractivity contribution in [2.24, 2.45) is 0 Å². The van der Waals surface area contributed by atoms with Gasteiger partial charge in [0.15, 0.2) is 11.5 Å². The monoisotopic (exact) mass is 370 g/mol. The van der Waals surface area contributed by atoms with Crippen LogP contribution in [0.3, 0.4) is 0 Å². The Labute approximate surface area is 137 Å². The molecule has 2 aliphatic rings. The summed E-state index contributed by atoms with van der Waals surface area (Å²) in [6, 6.07) is 3.46. The van der Waals surface area contributed by atoms with E-state index in [0.717, 1.165) is 4.47 Å². The molecule has 0 spiro atoms. The predicted molar refractivity (Wildman–Crippen MR) is 85.7 cm³/mol. The number of carbonyl (C=O) groups excluding carboxylic acids is 1. The Morgan fingerprint density at radius 1 is 1.18 bits per heavy atom. The van der Waals surface area contributed by atoms with Crippen LogP contribution < -0.4 is 14.8 Å². The molecule has 2 atom stereocenters. The van der Waals surface area contributed by atoms with Crippen LogP contribution in [0.4, 0.5) is 10.5 Å². The first-order valence-electron chi connectivity index (χ1n) is 7.33. The van der Waals surface area contributed by atoms with E-state index in [0.29, 0.717) is 43.5 Å². The van der Waals surface area contributed by atoms with Gasteiger partial charge in [0.25, 0.3) is 0 Å². The normalized spacial score (nSPS) is 24.0. The number of anilines is 1. The summed E-state index contributed by atoms with van der Waals surface area (Å²) < 4.78 is 17.5. The summed E-state index contributed by atoms with van der Waals surface area (Å²) in [7, 11) is 0. The molecule has 0 aliphatic carbocycles. The highest BCUT2D eigenvalue weighted by Gasteiger charge is 2.26. The fraction of sp³-hybridized carbons (Fsp3) is 0.533. The Morgan fingerprint density at radius 2 is 1.77 bits per heavy atom. The van der Waals surface area contributed by atoms with Crippen molar-refractivity contribution in [1.82, 2.24) is 4.90 Å².